The van der Waals surface area contributed by atoms with Crippen LogP contribution >= 0.6 is 27.3 Å². The van der Waals surface area contributed by atoms with Crippen LogP contribution in [-0.2, 0) is 5.60 Å². The van der Waals surface area contributed by atoms with E-state index in [1.807, 2.05) is 12.3 Å². The molecule has 0 saturated heterocycles. The predicted molar refractivity (Wildman–Crippen MR) is 54.3 cm³/mol. The van der Waals surface area contributed by atoms with Gasteiger partial charge in [-0.15, -0.1) is 11.3 Å². The maximum atomic E-state index is 9.93. The molecule has 1 aromatic heterocycles. The lowest BCUT2D eigenvalue weighted by Gasteiger charge is -2.18. The van der Waals surface area contributed by atoms with Crippen LogP contribution in [-0.4, -0.2) is 10.1 Å². The van der Waals surface area contributed by atoms with Crippen LogP contribution in [0.5, 0.6) is 0 Å². The highest BCUT2D eigenvalue weighted by molar-refractivity contribution is 9.10. The van der Waals surface area contributed by atoms with Gasteiger partial charge in [0.1, 0.15) is 15.2 Å². The minimum absolute atomic E-state index is 0.757. The van der Waals surface area contributed by atoms with Crippen molar-refractivity contribution >= 4 is 27.3 Å². The largest absolute Gasteiger partial charge is 0.383 e. The van der Waals surface area contributed by atoms with Crippen molar-refractivity contribution in [2.75, 3.05) is 0 Å². The van der Waals surface area contributed by atoms with Gasteiger partial charge >= 0.3 is 0 Å². The Kier molecular flexibility index (Phi) is 3.26. The molecular weight excluding hydrogens is 238 g/mol. The summed E-state index contributed by atoms with van der Waals surface area (Å²) in [7, 11) is 0. The summed E-state index contributed by atoms with van der Waals surface area (Å²) in [5, 5.41) is 12.6. The first-order chi connectivity index (χ1) is 5.56. The predicted octanol–water partition coefficient (Wildman–Crippen LogP) is 2.91. The highest BCUT2D eigenvalue weighted by Crippen LogP contribution is 2.29. The monoisotopic (exact) mass is 249 g/mol. The molecule has 0 spiro atoms. The van der Waals surface area contributed by atoms with Crippen molar-refractivity contribution in [2.45, 2.75) is 32.3 Å². The van der Waals surface area contributed by atoms with Crippen LogP contribution in [0.25, 0.3) is 0 Å². The lowest BCUT2D eigenvalue weighted by molar-refractivity contribution is 0.0466. The standard InChI is InChI=1S/C8H12BrNOS/c1-3-4-8(2,11)7-10-6(9)5-12-7/h5,11H,3-4H2,1-2H3. The van der Waals surface area contributed by atoms with Gasteiger partial charge in [-0.2, -0.15) is 0 Å². The third kappa shape index (κ3) is 2.28. The van der Waals surface area contributed by atoms with Crippen LogP contribution in [0.3, 0.4) is 0 Å². The maximum absolute atomic E-state index is 9.93. The zero-order chi connectivity index (χ0) is 9.19. The fraction of sp³-hybridized carbons (Fsp3) is 0.625. The number of rotatable bonds is 3. The zero-order valence-corrected chi connectivity index (χ0v) is 9.57. The van der Waals surface area contributed by atoms with E-state index in [9.17, 15) is 5.11 Å². The van der Waals surface area contributed by atoms with E-state index in [4.69, 9.17) is 0 Å². The summed E-state index contributed by atoms with van der Waals surface area (Å²) in [5.74, 6) is 0. The number of thiazole rings is 1. The molecule has 1 unspecified atom stereocenters. The quantitative estimate of drug-likeness (QED) is 0.894. The molecule has 0 aliphatic carbocycles. The van der Waals surface area contributed by atoms with E-state index in [-0.39, 0.29) is 0 Å². The summed E-state index contributed by atoms with van der Waals surface area (Å²) in [6.45, 7) is 3.86. The summed E-state index contributed by atoms with van der Waals surface area (Å²) < 4.78 is 0.805. The van der Waals surface area contributed by atoms with Crippen molar-refractivity contribution in [1.29, 1.82) is 0 Å². The molecule has 0 radical (unpaired) electrons. The Balaban J connectivity index is 2.81. The van der Waals surface area contributed by atoms with E-state index in [1.54, 1.807) is 0 Å². The van der Waals surface area contributed by atoms with E-state index in [1.165, 1.54) is 11.3 Å². The van der Waals surface area contributed by atoms with E-state index in [0.29, 0.717) is 0 Å². The third-order valence-electron chi connectivity index (χ3n) is 1.67. The Morgan fingerprint density at radius 3 is 2.83 bits per heavy atom. The zero-order valence-electron chi connectivity index (χ0n) is 7.17. The van der Waals surface area contributed by atoms with Crippen LogP contribution < -0.4 is 0 Å². The Morgan fingerprint density at radius 2 is 2.42 bits per heavy atom. The second kappa shape index (κ2) is 3.85. The van der Waals surface area contributed by atoms with Crippen LogP contribution in [0.1, 0.15) is 31.7 Å². The molecule has 0 saturated carbocycles. The Bertz CT molecular complexity index is 259. The number of hydrogen-bond donors (Lipinski definition) is 1. The summed E-state index contributed by atoms with van der Waals surface area (Å²) in [6.07, 6.45) is 1.72. The van der Waals surface area contributed by atoms with Gasteiger partial charge in [0.25, 0.3) is 0 Å². The minimum atomic E-state index is -0.758. The van der Waals surface area contributed by atoms with Gasteiger partial charge in [-0.25, -0.2) is 4.98 Å². The highest BCUT2D eigenvalue weighted by atomic mass is 79.9. The molecule has 0 fully saturated rings. The van der Waals surface area contributed by atoms with Gasteiger partial charge in [0.2, 0.25) is 0 Å². The summed E-state index contributed by atoms with van der Waals surface area (Å²) in [6, 6.07) is 0. The number of nitrogens with zero attached hydrogens (tertiary/aromatic N) is 1. The summed E-state index contributed by atoms with van der Waals surface area (Å²) in [5.41, 5.74) is -0.758. The van der Waals surface area contributed by atoms with Crippen molar-refractivity contribution in [3.8, 4) is 0 Å². The van der Waals surface area contributed by atoms with Crippen LogP contribution in [0, 0.1) is 0 Å². The normalized spacial score (nSPS) is 16.0. The van der Waals surface area contributed by atoms with Crippen molar-refractivity contribution in [3.63, 3.8) is 0 Å². The third-order valence-corrected chi connectivity index (χ3v) is 3.48. The molecule has 1 atom stereocenters. The second-order valence-electron chi connectivity index (χ2n) is 3.00. The molecule has 1 N–H and O–H groups in total. The number of halogens is 1. The molecule has 4 heteroatoms. The summed E-state index contributed by atoms with van der Waals surface area (Å²) >= 11 is 4.75. The first kappa shape index (κ1) is 10.2. The molecular formula is C8H12BrNOS. The molecule has 0 aliphatic rings. The van der Waals surface area contributed by atoms with Gasteiger partial charge in [-0.3, -0.25) is 0 Å². The van der Waals surface area contributed by atoms with Gasteiger partial charge in [0.05, 0.1) is 0 Å². The molecule has 1 aromatic rings. The number of aliphatic hydroxyl groups is 1. The molecule has 0 aromatic carbocycles. The van der Waals surface area contributed by atoms with Gasteiger partial charge in [0.15, 0.2) is 0 Å². The molecule has 1 rings (SSSR count). The van der Waals surface area contributed by atoms with Gasteiger partial charge < -0.3 is 5.11 Å². The van der Waals surface area contributed by atoms with Crippen LogP contribution in [0.15, 0.2) is 9.98 Å². The molecule has 12 heavy (non-hydrogen) atoms. The van der Waals surface area contributed by atoms with Crippen LogP contribution in [0.2, 0.25) is 0 Å². The topological polar surface area (TPSA) is 33.1 Å². The SMILES string of the molecule is CCCC(C)(O)c1nc(Br)cs1. The number of aromatic nitrogens is 1. The number of hydrogen-bond acceptors (Lipinski definition) is 3. The first-order valence-electron chi connectivity index (χ1n) is 3.90. The van der Waals surface area contributed by atoms with Gasteiger partial charge in [0, 0.05) is 5.38 Å². The lowest BCUT2D eigenvalue weighted by atomic mass is 10.0. The first-order valence-corrected chi connectivity index (χ1v) is 5.57. The molecule has 0 aliphatic heterocycles. The van der Waals surface area contributed by atoms with Gasteiger partial charge in [-0.05, 0) is 29.3 Å². The van der Waals surface area contributed by atoms with E-state index < -0.39 is 5.60 Å². The van der Waals surface area contributed by atoms with E-state index in [0.717, 1.165) is 22.5 Å². The molecule has 1 heterocycles. The second-order valence-corrected chi connectivity index (χ2v) is 4.67. The molecule has 0 amide bonds. The van der Waals surface area contributed by atoms with Gasteiger partial charge in [-0.1, -0.05) is 13.3 Å². The van der Waals surface area contributed by atoms with E-state index >= 15 is 0 Å². The Morgan fingerprint density at radius 1 is 1.75 bits per heavy atom. The highest BCUT2D eigenvalue weighted by Gasteiger charge is 2.25. The van der Waals surface area contributed by atoms with E-state index in [2.05, 4.69) is 27.8 Å². The summed E-state index contributed by atoms with van der Waals surface area (Å²) in [4.78, 5) is 4.19. The van der Waals surface area contributed by atoms with Crippen LogP contribution in [0.4, 0.5) is 0 Å². The van der Waals surface area contributed by atoms with Crippen molar-refractivity contribution in [3.05, 3.63) is 15.0 Å². The lowest BCUT2D eigenvalue weighted by Crippen LogP contribution is -2.20. The van der Waals surface area contributed by atoms with Crippen molar-refractivity contribution in [1.82, 2.24) is 4.98 Å². The smallest absolute Gasteiger partial charge is 0.125 e. The Hall–Kier alpha value is 0.0700. The maximum Gasteiger partial charge on any atom is 0.125 e. The minimum Gasteiger partial charge on any atom is -0.383 e. The average Bonchev–Trinajstić information content (AvgIpc) is 2.36. The van der Waals surface area contributed by atoms with Crippen molar-refractivity contribution in [2.24, 2.45) is 0 Å². The molecule has 2 nitrogen and oxygen atoms in total. The fourth-order valence-electron chi connectivity index (χ4n) is 1.10. The molecule has 0 bridgehead atoms. The average molecular weight is 250 g/mol. The van der Waals surface area contributed by atoms with Crippen molar-refractivity contribution < 1.29 is 5.11 Å². The fourth-order valence-corrected chi connectivity index (χ4v) is 2.44. The molecule has 68 valence electrons. The Labute approximate surface area is 84.8 Å².